The highest BCUT2D eigenvalue weighted by molar-refractivity contribution is 5.32. The summed E-state index contributed by atoms with van der Waals surface area (Å²) in [5, 5.41) is 0. The average Bonchev–Trinajstić information content (AvgIpc) is 2.52. The Balaban J connectivity index is 1.94. The van der Waals surface area contributed by atoms with Gasteiger partial charge in [-0.05, 0) is 18.1 Å². The molecule has 0 spiro atoms. The Morgan fingerprint density at radius 1 is 0.950 bits per heavy atom. The minimum absolute atomic E-state index is 0.318. The lowest BCUT2D eigenvalue weighted by Gasteiger charge is -2.50. The van der Waals surface area contributed by atoms with Gasteiger partial charge in [0.15, 0.2) is 0 Å². The van der Waals surface area contributed by atoms with Gasteiger partial charge in [0.25, 0.3) is 0 Å². The summed E-state index contributed by atoms with van der Waals surface area (Å²) in [6, 6.07) is 22.2. The third-order valence-corrected chi connectivity index (χ3v) is 4.32. The zero-order chi connectivity index (χ0) is 13.9. The number of hydrogen-bond donors (Lipinski definition) is 0. The molecule has 0 amide bonds. The molecule has 2 aromatic rings. The van der Waals surface area contributed by atoms with Crippen LogP contribution >= 0.6 is 0 Å². The standard InChI is InChI=1S/C18H21NO/c1-14-17(20-2)13-19(14)18(15-9-5-3-6-10-15)16-11-7-4-8-12-16/h3-12,14,17-18H,13H2,1-2H3. The van der Waals surface area contributed by atoms with Gasteiger partial charge in [0.1, 0.15) is 0 Å². The van der Waals surface area contributed by atoms with Crippen LogP contribution in [0.3, 0.4) is 0 Å². The van der Waals surface area contributed by atoms with Crippen molar-refractivity contribution in [2.24, 2.45) is 0 Å². The van der Waals surface area contributed by atoms with E-state index in [2.05, 4.69) is 72.5 Å². The van der Waals surface area contributed by atoms with Gasteiger partial charge in [-0.1, -0.05) is 60.7 Å². The van der Waals surface area contributed by atoms with E-state index in [4.69, 9.17) is 4.74 Å². The molecular formula is C18H21NO. The maximum absolute atomic E-state index is 5.51. The molecule has 1 saturated heterocycles. The van der Waals surface area contributed by atoms with Crippen molar-refractivity contribution in [3.8, 4) is 0 Å². The lowest BCUT2D eigenvalue weighted by molar-refractivity contribution is -0.0912. The molecule has 2 nitrogen and oxygen atoms in total. The van der Waals surface area contributed by atoms with Gasteiger partial charge >= 0.3 is 0 Å². The van der Waals surface area contributed by atoms with E-state index in [-0.39, 0.29) is 0 Å². The molecule has 1 aliphatic rings. The third kappa shape index (κ3) is 2.37. The highest BCUT2D eigenvalue weighted by atomic mass is 16.5. The molecule has 2 unspecified atom stereocenters. The van der Waals surface area contributed by atoms with Crippen molar-refractivity contribution in [1.29, 1.82) is 0 Å². The molecular weight excluding hydrogens is 246 g/mol. The van der Waals surface area contributed by atoms with Gasteiger partial charge in [-0.25, -0.2) is 0 Å². The highest BCUT2D eigenvalue weighted by Crippen LogP contribution is 2.36. The van der Waals surface area contributed by atoms with Crippen molar-refractivity contribution in [2.75, 3.05) is 13.7 Å². The largest absolute Gasteiger partial charge is 0.379 e. The number of rotatable bonds is 4. The van der Waals surface area contributed by atoms with Gasteiger partial charge in [0, 0.05) is 19.7 Å². The van der Waals surface area contributed by atoms with E-state index in [1.54, 1.807) is 7.11 Å². The van der Waals surface area contributed by atoms with E-state index in [0.717, 1.165) is 6.54 Å². The Bertz CT molecular complexity index is 500. The Labute approximate surface area is 121 Å². The quantitative estimate of drug-likeness (QED) is 0.840. The summed E-state index contributed by atoms with van der Waals surface area (Å²) < 4.78 is 5.51. The van der Waals surface area contributed by atoms with Crippen molar-refractivity contribution in [2.45, 2.75) is 25.1 Å². The summed E-state index contributed by atoms with van der Waals surface area (Å²) in [5.41, 5.74) is 2.69. The van der Waals surface area contributed by atoms with Crippen molar-refractivity contribution < 1.29 is 4.74 Å². The maximum Gasteiger partial charge on any atom is 0.0851 e. The molecule has 104 valence electrons. The first-order valence-corrected chi connectivity index (χ1v) is 7.19. The zero-order valence-electron chi connectivity index (χ0n) is 12.1. The predicted octanol–water partition coefficient (Wildman–Crippen LogP) is 3.50. The van der Waals surface area contributed by atoms with Crippen LogP contribution in [0.2, 0.25) is 0 Å². The lowest BCUT2D eigenvalue weighted by atomic mass is 9.90. The van der Waals surface area contributed by atoms with E-state index in [1.807, 2.05) is 0 Å². The summed E-state index contributed by atoms with van der Waals surface area (Å²) in [6.07, 6.45) is 0.352. The molecule has 3 rings (SSSR count). The van der Waals surface area contributed by atoms with Crippen molar-refractivity contribution in [1.82, 2.24) is 4.90 Å². The fourth-order valence-corrected chi connectivity index (χ4v) is 3.06. The summed E-state index contributed by atoms with van der Waals surface area (Å²) >= 11 is 0. The van der Waals surface area contributed by atoms with Crippen LogP contribution in [0.15, 0.2) is 60.7 Å². The van der Waals surface area contributed by atoms with Crippen LogP contribution in [-0.2, 0) is 4.74 Å². The van der Waals surface area contributed by atoms with Gasteiger partial charge in [0.05, 0.1) is 12.1 Å². The van der Waals surface area contributed by atoms with Gasteiger partial charge in [0.2, 0.25) is 0 Å². The molecule has 1 heterocycles. The molecule has 1 aliphatic heterocycles. The second kappa shape index (κ2) is 5.78. The van der Waals surface area contributed by atoms with E-state index >= 15 is 0 Å². The first-order chi connectivity index (χ1) is 9.81. The summed E-state index contributed by atoms with van der Waals surface area (Å²) in [6.45, 7) is 3.24. The first-order valence-electron chi connectivity index (χ1n) is 7.19. The molecule has 2 heteroatoms. The van der Waals surface area contributed by atoms with Crippen molar-refractivity contribution in [3.63, 3.8) is 0 Å². The number of likely N-dealkylation sites (tertiary alicyclic amines) is 1. The van der Waals surface area contributed by atoms with E-state index < -0.39 is 0 Å². The Morgan fingerprint density at radius 2 is 1.45 bits per heavy atom. The van der Waals surface area contributed by atoms with Crippen molar-refractivity contribution in [3.05, 3.63) is 71.8 Å². The number of hydrogen-bond acceptors (Lipinski definition) is 2. The summed E-state index contributed by atoms with van der Waals surface area (Å²) in [4.78, 5) is 2.51. The topological polar surface area (TPSA) is 12.5 Å². The highest BCUT2D eigenvalue weighted by Gasteiger charge is 2.40. The van der Waals surface area contributed by atoms with Crippen LogP contribution in [0, 0.1) is 0 Å². The first kappa shape index (κ1) is 13.3. The number of ether oxygens (including phenoxy) is 1. The summed E-state index contributed by atoms with van der Waals surface area (Å²) in [5.74, 6) is 0. The van der Waals surface area contributed by atoms with E-state index in [9.17, 15) is 0 Å². The second-order valence-corrected chi connectivity index (χ2v) is 5.44. The summed E-state index contributed by atoms with van der Waals surface area (Å²) in [7, 11) is 1.80. The monoisotopic (exact) mass is 267 g/mol. The van der Waals surface area contributed by atoms with Crippen LogP contribution < -0.4 is 0 Å². The van der Waals surface area contributed by atoms with E-state index in [0.29, 0.717) is 18.2 Å². The molecule has 1 fully saturated rings. The van der Waals surface area contributed by atoms with Crippen LogP contribution in [0.1, 0.15) is 24.1 Å². The molecule has 0 saturated carbocycles. The average molecular weight is 267 g/mol. The molecule has 0 aromatic heterocycles. The smallest absolute Gasteiger partial charge is 0.0851 e. The van der Waals surface area contributed by atoms with Crippen molar-refractivity contribution >= 4 is 0 Å². The van der Waals surface area contributed by atoms with Crippen LogP contribution in [-0.4, -0.2) is 30.7 Å². The Kier molecular flexibility index (Phi) is 3.86. The van der Waals surface area contributed by atoms with Gasteiger partial charge in [-0.2, -0.15) is 0 Å². The molecule has 0 N–H and O–H groups in total. The third-order valence-electron chi connectivity index (χ3n) is 4.32. The number of nitrogens with zero attached hydrogens (tertiary/aromatic N) is 1. The number of benzene rings is 2. The van der Waals surface area contributed by atoms with Gasteiger partial charge < -0.3 is 4.74 Å². The minimum Gasteiger partial charge on any atom is -0.379 e. The molecule has 0 bridgehead atoms. The van der Waals surface area contributed by atoms with Gasteiger partial charge in [-0.3, -0.25) is 4.90 Å². The van der Waals surface area contributed by atoms with E-state index in [1.165, 1.54) is 11.1 Å². The molecule has 2 atom stereocenters. The van der Waals surface area contributed by atoms with Crippen LogP contribution in [0.5, 0.6) is 0 Å². The SMILES string of the molecule is COC1CN(C(c2ccccc2)c2ccccc2)C1C. The molecule has 0 radical (unpaired) electrons. The second-order valence-electron chi connectivity index (χ2n) is 5.44. The number of methoxy groups -OCH3 is 1. The molecule has 20 heavy (non-hydrogen) atoms. The zero-order valence-corrected chi connectivity index (χ0v) is 12.1. The fourth-order valence-electron chi connectivity index (χ4n) is 3.06. The Morgan fingerprint density at radius 3 is 1.85 bits per heavy atom. The van der Waals surface area contributed by atoms with Gasteiger partial charge in [-0.15, -0.1) is 0 Å². The Hall–Kier alpha value is -1.64. The maximum atomic E-state index is 5.51. The van der Waals surface area contributed by atoms with Crippen LogP contribution in [0.4, 0.5) is 0 Å². The molecule has 0 aliphatic carbocycles. The minimum atomic E-state index is 0.318. The normalized spacial score (nSPS) is 22.8. The fraction of sp³-hybridized carbons (Fsp3) is 0.333. The predicted molar refractivity (Wildman–Crippen MR) is 81.7 cm³/mol. The molecule has 2 aromatic carbocycles. The lowest BCUT2D eigenvalue weighted by Crippen LogP contribution is -2.60. The van der Waals surface area contributed by atoms with Crippen LogP contribution in [0.25, 0.3) is 0 Å².